The molecule has 2 N–H and O–H groups in total. The molecule has 0 spiro atoms. The summed E-state index contributed by atoms with van der Waals surface area (Å²) in [6.07, 6.45) is 9.48. The van der Waals surface area contributed by atoms with Crippen LogP contribution in [0.15, 0.2) is 12.4 Å². The van der Waals surface area contributed by atoms with Crippen molar-refractivity contribution in [3.05, 3.63) is 23.8 Å². The van der Waals surface area contributed by atoms with Gasteiger partial charge in [0.1, 0.15) is 5.82 Å². The summed E-state index contributed by atoms with van der Waals surface area (Å²) in [5.41, 5.74) is 0.543. The highest BCUT2D eigenvalue weighted by molar-refractivity contribution is 5.93. The Labute approximate surface area is 136 Å². The van der Waals surface area contributed by atoms with Crippen molar-refractivity contribution in [1.82, 2.24) is 20.2 Å². The predicted octanol–water partition coefficient (Wildman–Crippen LogP) is 1.07. The zero-order valence-electron chi connectivity index (χ0n) is 13.3. The standard InChI is InChI=1S/C17H24N4O2/c22-13-6-7-21(10-13)15-3-1-2-14(15)20-17(23)12-8-18-16(19-9-12)11-4-5-11/h8-9,11,13-15,22H,1-7,10H2,(H,20,23)/t13?,14-,15+/m1/s1. The lowest BCUT2D eigenvalue weighted by atomic mass is 10.1. The van der Waals surface area contributed by atoms with Gasteiger partial charge in [0.15, 0.2) is 0 Å². The largest absolute Gasteiger partial charge is 0.392 e. The normalized spacial score (nSPS) is 31.4. The minimum atomic E-state index is -0.213. The molecule has 0 bridgehead atoms. The highest BCUT2D eigenvalue weighted by atomic mass is 16.3. The Morgan fingerprint density at radius 2 is 1.96 bits per heavy atom. The van der Waals surface area contributed by atoms with Gasteiger partial charge in [-0.15, -0.1) is 0 Å². The van der Waals surface area contributed by atoms with E-state index >= 15 is 0 Å². The van der Waals surface area contributed by atoms with E-state index in [4.69, 9.17) is 0 Å². The number of aliphatic hydroxyl groups excluding tert-OH is 1. The molecule has 6 nitrogen and oxygen atoms in total. The SMILES string of the molecule is O=C(N[C@@H]1CCC[C@@H]1N1CCC(O)C1)c1cnc(C2CC2)nc1. The van der Waals surface area contributed by atoms with Crippen LogP contribution in [0.3, 0.4) is 0 Å². The van der Waals surface area contributed by atoms with E-state index in [-0.39, 0.29) is 18.1 Å². The second-order valence-electron chi connectivity index (χ2n) is 7.12. The van der Waals surface area contributed by atoms with Gasteiger partial charge in [-0.25, -0.2) is 9.97 Å². The molecule has 4 rings (SSSR count). The van der Waals surface area contributed by atoms with Crippen LogP contribution in [0, 0.1) is 0 Å². The first-order valence-corrected chi connectivity index (χ1v) is 8.75. The summed E-state index contributed by atoms with van der Waals surface area (Å²) in [7, 11) is 0. The molecule has 1 saturated heterocycles. The Balaban J connectivity index is 1.38. The molecule has 3 aliphatic rings. The van der Waals surface area contributed by atoms with E-state index in [1.54, 1.807) is 12.4 Å². The van der Waals surface area contributed by atoms with Crippen LogP contribution in [-0.2, 0) is 0 Å². The van der Waals surface area contributed by atoms with Gasteiger partial charge in [-0.3, -0.25) is 9.69 Å². The highest BCUT2D eigenvalue weighted by Crippen LogP contribution is 2.37. The third-order valence-electron chi connectivity index (χ3n) is 5.34. The summed E-state index contributed by atoms with van der Waals surface area (Å²) in [4.78, 5) is 23.4. The summed E-state index contributed by atoms with van der Waals surface area (Å²) in [5.74, 6) is 1.29. The zero-order chi connectivity index (χ0) is 15.8. The molecule has 6 heteroatoms. The van der Waals surface area contributed by atoms with Gasteiger partial charge in [-0.05, 0) is 38.5 Å². The Morgan fingerprint density at radius 3 is 2.61 bits per heavy atom. The molecule has 2 aliphatic carbocycles. The number of hydrogen-bond donors (Lipinski definition) is 2. The van der Waals surface area contributed by atoms with Crippen LogP contribution in [0.1, 0.15) is 60.6 Å². The third-order valence-corrected chi connectivity index (χ3v) is 5.34. The Morgan fingerprint density at radius 1 is 1.17 bits per heavy atom. The smallest absolute Gasteiger partial charge is 0.254 e. The van der Waals surface area contributed by atoms with Crippen molar-refractivity contribution in [2.45, 2.75) is 62.6 Å². The van der Waals surface area contributed by atoms with Gasteiger partial charge in [0.2, 0.25) is 0 Å². The average molecular weight is 316 g/mol. The van der Waals surface area contributed by atoms with Crippen LogP contribution in [0.25, 0.3) is 0 Å². The van der Waals surface area contributed by atoms with Gasteiger partial charge >= 0.3 is 0 Å². The van der Waals surface area contributed by atoms with Crippen molar-refractivity contribution < 1.29 is 9.90 Å². The number of amides is 1. The van der Waals surface area contributed by atoms with Crippen LogP contribution in [0.5, 0.6) is 0 Å². The summed E-state index contributed by atoms with van der Waals surface area (Å²) >= 11 is 0. The molecule has 1 amide bonds. The van der Waals surface area contributed by atoms with Crippen LogP contribution >= 0.6 is 0 Å². The van der Waals surface area contributed by atoms with Gasteiger partial charge < -0.3 is 10.4 Å². The minimum absolute atomic E-state index is 0.0796. The van der Waals surface area contributed by atoms with Crippen molar-refractivity contribution >= 4 is 5.91 Å². The second-order valence-corrected chi connectivity index (χ2v) is 7.12. The number of aromatic nitrogens is 2. The zero-order valence-corrected chi connectivity index (χ0v) is 13.3. The number of aliphatic hydroxyl groups is 1. The van der Waals surface area contributed by atoms with Crippen molar-refractivity contribution in [3.8, 4) is 0 Å². The minimum Gasteiger partial charge on any atom is -0.392 e. The highest BCUT2D eigenvalue weighted by Gasteiger charge is 2.36. The van der Waals surface area contributed by atoms with E-state index in [9.17, 15) is 9.90 Å². The Hall–Kier alpha value is -1.53. The van der Waals surface area contributed by atoms with Crippen molar-refractivity contribution in [2.75, 3.05) is 13.1 Å². The monoisotopic (exact) mass is 316 g/mol. The van der Waals surface area contributed by atoms with Crippen molar-refractivity contribution in [2.24, 2.45) is 0 Å². The number of carbonyl (C=O) groups excluding carboxylic acids is 1. The first-order valence-electron chi connectivity index (χ1n) is 8.75. The van der Waals surface area contributed by atoms with Gasteiger partial charge in [0, 0.05) is 43.5 Å². The summed E-state index contributed by atoms with van der Waals surface area (Å²) in [6, 6.07) is 0.513. The van der Waals surface area contributed by atoms with Crippen LogP contribution in [0.4, 0.5) is 0 Å². The lowest BCUT2D eigenvalue weighted by Gasteiger charge is -2.29. The maximum atomic E-state index is 12.5. The molecule has 1 aliphatic heterocycles. The third kappa shape index (κ3) is 3.23. The van der Waals surface area contributed by atoms with Gasteiger partial charge in [-0.1, -0.05) is 0 Å². The van der Waals surface area contributed by atoms with Crippen LogP contribution < -0.4 is 5.32 Å². The van der Waals surface area contributed by atoms with Crippen LogP contribution in [-0.4, -0.2) is 57.2 Å². The van der Waals surface area contributed by atoms with E-state index in [2.05, 4.69) is 20.2 Å². The van der Waals surface area contributed by atoms with E-state index < -0.39 is 0 Å². The number of hydrogen-bond acceptors (Lipinski definition) is 5. The summed E-state index contributed by atoms with van der Waals surface area (Å²) in [5, 5.41) is 12.9. The first kappa shape index (κ1) is 15.0. The number of β-amino-alcohol motifs (C(OH)–C–C–N with tert-alkyl or cyclic N) is 1. The Bertz CT molecular complexity index is 572. The molecule has 3 fully saturated rings. The molecule has 0 aromatic carbocycles. The first-order chi connectivity index (χ1) is 11.2. The molecule has 3 atom stereocenters. The van der Waals surface area contributed by atoms with E-state index in [1.165, 1.54) is 0 Å². The molecular formula is C17H24N4O2. The second kappa shape index (κ2) is 6.17. The number of nitrogens with zero attached hydrogens (tertiary/aromatic N) is 3. The quantitative estimate of drug-likeness (QED) is 0.869. The fourth-order valence-corrected chi connectivity index (χ4v) is 3.87. The number of nitrogens with one attached hydrogen (secondary N) is 1. The fraction of sp³-hybridized carbons (Fsp3) is 0.706. The fourth-order valence-electron chi connectivity index (χ4n) is 3.87. The van der Waals surface area contributed by atoms with Crippen molar-refractivity contribution in [1.29, 1.82) is 0 Å². The molecule has 1 unspecified atom stereocenters. The average Bonchev–Trinajstić information content (AvgIpc) is 3.17. The van der Waals surface area contributed by atoms with E-state index in [0.717, 1.165) is 57.4 Å². The molecule has 0 radical (unpaired) electrons. The lowest BCUT2D eigenvalue weighted by Crippen LogP contribution is -2.48. The van der Waals surface area contributed by atoms with Crippen molar-refractivity contribution in [3.63, 3.8) is 0 Å². The topological polar surface area (TPSA) is 78.4 Å². The van der Waals surface area contributed by atoms with Gasteiger partial charge in [0.05, 0.1) is 11.7 Å². The van der Waals surface area contributed by atoms with Gasteiger partial charge in [-0.2, -0.15) is 0 Å². The number of carbonyl (C=O) groups is 1. The van der Waals surface area contributed by atoms with Gasteiger partial charge in [0.25, 0.3) is 5.91 Å². The molecule has 1 aromatic rings. The molecule has 23 heavy (non-hydrogen) atoms. The molecule has 124 valence electrons. The molecular weight excluding hydrogens is 292 g/mol. The predicted molar refractivity (Wildman–Crippen MR) is 85.1 cm³/mol. The molecule has 2 saturated carbocycles. The van der Waals surface area contributed by atoms with Crippen LogP contribution in [0.2, 0.25) is 0 Å². The summed E-state index contributed by atoms with van der Waals surface area (Å²) < 4.78 is 0. The maximum absolute atomic E-state index is 12.5. The van der Waals surface area contributed by atoms with E-state index in [0.29, 0.717) is 17.5 Å². The Kier molecular flexibility index (Phi) is 4.03. The lowest BCUT2D eigenvalue weighted by molar-refractivity contribution is 0.0905. The molecule has 2 heterocycles. The summed E-state index contributed by atoms with van der Waals surface area (Å²) in [6.45, 7) is 1.66. The molecule has 1 aromatic heterocycles. The number of likely N-dealkylation sites (tertiary alicyclic amines) is 1. The number of rotatable bonds is 4. The van der Waals surface area contributed by atoms with E-state index in [1.807, 2.05) is 0 Å². The maximum Gasteiger partial charge on any atom is 0.254 e.